The zero-order valence-electron chi connectivity index (χ0n) is 16.4. The van der Waals surface area contributed by atoms with Gasteiger partial charge in [-0.3, -0.25) is 0 Å². The van der Waals surface area contributed by atoms with Crippen LogP contribution in [0.1, 0.15) is 35.6 Å². The first-order valence-electron chi connectivity index (χ1n) is 9.86. The lowest BCUT2D eigenvalue weighted by Crippen LogP contribution is -2.39. The third kappa shape index (κ3) is 4.39. The van der Waals surface area contributed by atoms with Crippen LogP contribution in [0.3, 0.4) is 0 Å². The Labute approximate surface area is 171 Å². The number of fused-ring (bicyclic) bond motifs is 1. The second-order valence-corrected chi connectivity index (χ2v) is 7.33. The number of nitrogens with one attached hydrogen (secondary N) is 2. The molecule has 0 spiro atoms. The van der Waals surface area contributed by atoms with Crippen LogP contribution in [0.2, 0.25) is 0 Å². The van der Waals surface area contributed by atoms with Crippen molar-refractivity contribution < 1.29 is 4.74 Å². The summed E-state index contributed by atoms with van der Waals surface area (Å²) in [5.74, 6) is 1.07. The summed E-state index contributed by atoms with van der Waals surface area (Å²) >= 11 is 0. The highest BCUT2D eigenvalue weighted by Gasteiger charge is 2.28. The number of pyridine rings is 1. The number of hydrogen-bond donors (Lipinski definition) is 2. The zero-order valence-corrected chi connectivity index (χ0v) is 16.4. The monoisotopic (exact) mass is 384 g/mol. The van der Waals surface area contributed by atoms with Crippen LogP contribution in [0.5, 0.6) is 0 Å². The van der Waals surface area contributed by atoms with E-state index in [-0.39, 0.29) is 18.1 Å². The fraction of sp³-hybridized carbons (Fsp3) is 0.250. The van der Waals surface area contributed by atoms with Crippen molar-refractivity contribution in [3.05, 3.63) is 89.6 Å². The Morgan fingerprint density at radius 3 is 2.62 bits per heavy atom. The van der Waals surface area contributed by atoms with Crippen molar-refractivity contribution in [2.45, 2.75) is 25.0 Å². The third-order valence-corrected chi connectivity index (χ3v) is 5.27. The molecule has 3 unspecified atom stereocenters. The number of anilines is 2. The van der Waals surface area contributed by atoms with Gasteiger partial charge in [0.05, 0.1) is 30.0 Å². The van der Waals surface area contributed by atoms with Crippen molar-refractivity contribution in [2.75, 3.05) is 23.8 Å². The van der Waals surface area contributed by atoms with Crippen LogP contribution in [0.25, 0.3) is 0 Å². The minimum absolute atomic E-state index is 0.0629. The molecule has 5 nitrogen and oxygen atoms in total. The maximum Gasteiger partial charge on any atom is 0.149 e. The molecule has 4 rings (SSSR count). The van der Waals surface area contributed by atoms with Crippen LogP contribution < -0.4 is 10.6 Å². The largest absolute Gasteiger partial charge is 0.380 e. The van der Waals surface area contributed by atoms with Crippen LogP contribution in [-0.4, -0.2) is 24.2 Å². The van der Waals surface area contributed by atoms with Gasteiger partial charge in [0.2, 0.25) is 0 Å². The van der Waals surface area contributed by atoms with Gasteiger partial charge in [0.25, 0.3) is 0 Å². The van der Waals surface area contributed by atoms with Gasteiger partial charge in [-0.25, -0.2) is 4.98 Å². The zero-order chi connectivity index (χ0) is 20.1. The molecule has 1 aromatic heterocycles. The van der Waals surface area contributed by atoms with Crippen LogP contribution in [0, 0.1) is 11.3 Å². The third-order valence-electron chi connectivity index (χ3n) is 5.27. The molecule has 3 aromatic rings. The van der Waals surface area contributed by atoms with E-state index in [4.69, 9.17) is 10.00 Å². The first kappa shape index (κ1) is 19.0. The summed E-state index contributed by atoms with van der Waals surface area (Å²) in [6, 6.07) is 24.2. The van der Waals surface area contributed by atoms with E-state index in [1.54, 1.807) is 6.20 Å². The first-order chi connectivity index (χ1) is 14.2. The molecule has 0 bridgehead atoms. The van der Waals surface area contributed by atoms with Crippen LogP contribution in [0.15, 0.2) is 72.9 Å². The van der Waals surface area contributed by atoms with Gasteiger partial charge in [0.1, 0.15) is 11.9 Å². The predicted molar refractivity (Wildman–Crippen MR) is 115 cm³/mol. The molecule has 0 amide bonds. The quantitative estimate of drug-likeness (QED) is 0.643. The number of benzene rings is 2. The molecule has 29 heavy (non-hydrogen) atoms. The summed E-state index contributed by atoms with van der Waals surface area (Å²) in [6.07, 6.45) is 1.68. The SMILES string of the molecule is CC(COC(c1ccccc1)C1CNc2cccnc2N1)c1ccc(C#N)cc1. The van der Waals surface area contributed by atoms with E-state index in [1.807, 2.05) is 54.6 Å². The van der Waals surface area contributed by atoms with Crippen LogP contribution >= 0.6 is 0 Å². The van der Waals surface area contributed by atoms with Crippen LogP contribution in [-0.2, 0) is 4.74 Å². The van der Waals surface area contributed by atoms with Gasteiger partial charge in [-0.1, -0.05) is 49.4 Å². The predicted octanol–water partition coefficient (Wildman–Crippen LogP) is 4.72. The highest BCUT2D eigenvalue weighted by molar-refractivity contribution is 5.66. The maximum absolute atomic E-state index is 8.99. The molecule has 0 saturated heterocycles. The van der Waals surface area contributed by atoms with Gasteiger partial charge in [-0.15, -0.1) is 0 Å². The molecule has 2 aromatic carbocycles. The minimum Gasteiger partial charge on any atom is -0.380 e. The molecule has 5 heteroatoms. The highest BCUT2D eigenvalue weighted by atomic mass is 16.5. The molecule has 0 radical (unpaired) electrons. The summed E-state index contributed by atoms with van der Waals surface area (Å²) in [4.78, 5) is 4.45. The average Bonchev–Trinajstić information content (AvgIpc) is 2.79. The van der Waals surface area contributed by atoms with Crippen molar-refractivity contribution in [1.29, 1.82) is 5.26 Å². The summed E-state index contributed by atoms with van der Waals surface area (Å²) in [5.41, 5.74) is 3.99. The number of aromatic nitrogens is 1. The summed E-state index contributed by atoms with van der Waals surface area (Å²) in [5, 5.41) is 16.0. The Hall–Kier alpha value is -3.36. The lowest BCUT2D eigenvalue weighted by Gasteiger charge is -2.34. The lowest BCUT2D eigenvalue weighted by atomic mass is 9.98. The van der Waals surface area contributed by atoms with Gasteiger partial charge in [0, 0.05) is 18.7 Å². The second kappa shape index (κ2) is 8.76. The van der Waals surface area contributed by atoms with Gasteiger partial charge >= 0.3 is 0 Å². The van der Waals surface area contributed by atoms with Gasteiger partial charge in [-0.05, 0) is 35.4 Å². The van der Waals surface area contributed by atoms with Crippen molar-refractivity contribution in [1.82, 2.24) is 4.98 Å². The van der Waals surface area contributed by atoms with E-state index in [9.17, 15) is 0 Å². The Balaban J connectivity index is 1.50. The number of nitriles is 1. The standard InChI is InChI=1S/C24H24N4O/c1-17(19-11-9-18(14-25)10-12-19)16-29-23(20-6-3-2-4-7-20)22-15-27-21-8-5-13-26-24(21)28-22/h2-13,17,22-23,27H,15-16H2,1H3,(H,26,28). The Bertz CT molecular complexity index is 982. The number of hydrogen-bond acceptors (Lipinski definition) is 5. The highest BCUT2D eigenvalue weighted by Crippen LogP contribution is 2.31. The molecule has 1 aliphatic heterocycles. The van der Waals surface area contributed by atoms with Crippen molar-refractivity contribution in [3.8, 4) is 6.07 Å². The maximum atomic E-state index is 8.99. The van der Waals surface area contributed by atoms with Gasteiger partial charge in [0.15, 0.2) is 0 Å². The van der Waals surface area contributed by atoms with Crippen molar-refractivity contribution in [3.63, 3.8) is 0 Å². The average molecular weight is 384 g/mol. The second-order valence-electron chi connectivity index (χ2n) is 7.33. The van der Waals surface area contributed by atoms with E-state index in [0.717, 1.165) is 29.2 Å². The molecule has 1 aliphatic rings. The number of ether oxygens (including phenoxy) is 1. The summed E-state index contributed by atoms with van der Waals surface area (Å²) in [7, 11) is 0. The molecule has 0 aliphatic carbocycles. The topological polar surface area (TPSA) is 70.0 Å². The molecular weight excluding hydrogens is 360 g/mol. The van der Waals surface area contributed by atoms with Gasteiger partial charge in [-0.2, -0.15) is 5.26 Å². The fourth-order valence-corrected chi connectivity index (χ4v) is 3.61. The molecular formula is C24H24N4O. The molecule has 146 valence electrons. The van der Waals surface area contributed by atoms with E-state index in [1.165, 1.54) is 0 Å². The Morgan fingerprint density at radius 1 is 1.07 bits per heavy atom. The molecule has 0 fully saturated rings. The molecule has 2 heterocycles. The van der Waals surface area contributed by atoms with Crippen LogP contribution in [0.4, 0.5) is 11.5 Å². The molecule has 2 N–H and O–H groups in total. The molecule has 3 atom stereocenters. The Morgan fingerprint density at radius 2 is 1.86 bits per heavy atom. The normalized spacial score (nSPS) is 17.2. The molecule has 0 saturated carbocycles. The van der Waals surface area contributed by atoms with Crippen molar-refractivity contribution >= 4 is 11.5 Å². The van der Waals surface area contributed by atoms with E-state index < -0.39 is 0 Å². The van der Waals surface area contributed by atoms with E-state index in [2.05, 4.69) is 40.7 Å². The summed E-state index contributed by atoms with van der Waals surface area (Å²) in [6.45, 7) is 3.48. The first-order valence-corrected chi connectivity index (χ1v) is 9.86. The van der Waals surface area contributed by atoms with Crippen molar-refractivity contribution in [2.24, 2.45) is 0 Å². The smallest absolute Gasteiger partial charge is 0.149 e. The lowest BCUT2D eigenvalue weighted by molar-refractivity contribution is 0.0338. The van der Waals surface area contributed by atoms with Gasteiger partial charge < -0.3 is 15.4 Å². The Kier molecular flexibility index (Phi) is 5.73. The number of rotatable bonds is 6. The minimum atomic E-state index is -0.111. The number of nitrogens with zero attached hydrogens (tertiary/aromatic N) is 2. The summed E-state index contributed by atoms with van der Waals surface area (Å²) < 4.78 is 6.46. The fourth-order valence-electron chi connectivity index (χ4n) is 3.61. The van der Waals surface area contributed by atoms with E-state index >= 15 is 0 Å². The van der Waals surface area contributed by atoms with E-state index in [0.29, 0.717) is 12.2 Å².